The number of carbonyl (C=O) groups is 2. The Kier molecular flexibility index (Phi) is 7.03. The lowest BCUT2D eigenvalue weighted by molar-refractivity contribution is -0.126. The minimum atomic E-state index is -0.258. The molecule has 0 aliphatic heterocycles. The summed E-state index contributed by atoms with van der Waals surface area (Å²) in [6.07, 6.45) is 0. The molecule has 0 unspecified atom stereocenters. The summed E-state index contributed by atoms with van der Waals surface area (Å²) in [7, 11) is 0. The summed E-state index contributed by atoms with van der Waals surface area (Å²) in [6.45, 7) is 10.8. The molecule has 124 valence electrons. The predicted molar refractivity (Wildman–Crippen MR) is 90.9 cm³/mol. The highest BCUT2D eigenvalue weighted by Gasteiger charge is 2.18. The molecule has 6 heteroatoms. The molecule has 2 amide bonds. The maximum atomic E-state index is 12.1. The van der Waals surface area contributed by atoms with E-state index < -0.39 is 0 Å². The van der Waals surface area contributed by atoms with Crippen molar-refractivity contribution in [2.45, 2.75) is 46.2 Å². The maximum absolute atomic E-state index is 12.1. The third kappa shape index (κ3) is 7.04. The highest BCUT2D eigenvalue weighted by Crippen LogP contribution is 2.17. The van der Waals surface area contributed by atoms with E-state index in [1.54, 1.807) is 11.3 Å². The van der Waals surface area contributed by atoms with E-state index >= 15 is 0 Å². The molecular weight excluding hydrogens is 298 g/mol. The van der Waals surface area contributed by atoms with Crippen LogP contribution < -0.4 is 10.6 Å². The lowest BCUT2D eigenvalue weighted by Crippen LogP contribution is -2.48. The van der Waals surface area contributed by atoms with Gasteiger partial charge in [-0.05, 0) is 45.7 Å². The van der Waals surface area contributed by atoms with Crippen LogP contribution in [0.3, 0.4) is 0 Å². The predicted octanol–water partition coefficient (Wildman–Crippen LogP) is 2.16. The molecule has 0 aromatic carbocycles. The van der Waals surface area contributed by atoms with E-state index in [1.807, 2.05) is 57.0 Å². The van der Waals surface area contributed by atoms with Crippen molar-refractivity contribution in [1.82, 2.24) is 15.5 Å². The fraction of sp³-hybridized carbons (Fsp3) is 0.625. The van der Waals surface area contributed by atoms with E-state index in [0.717, 1.165) is 4.88 Å². The van der Waals surface area contributed by atoms with Crippen LogP contribution in [0.1, 0.15) is 45.5 Å². The van der Waals surface area contributed by atoms with Crippen LogP contribution in [-0.4, -0.2) is 41.9 Å². The number of nitrogens with zero attached hydrogens (tertiary/aromatic N) is 1. The molecule has 0 spiro atoms. The first-order valence-corrected chi connectivity index (χ1v) is 8.45. The second-order valence-corrected chi connectivity index (χ2v) is 7.39. The lowest BCUT2D eigenvalue weighted by atomic mass is 10.1. The first-order valence-electron chi connectivity index (χ1n) is 7.57. The quantitative estimate of drug-likeness (QED) is 0.807. The molecule has 0 bridgehead atoms. The molecule has 1 atom stereocenters. The van der Waals surface area contributed by atoms with Crippen LogP contribution in [0, 0.1) is 0 Å². The molecule has 0 aliphatic rings. The Hall–Kier alpha value is -1.40. The molecule has 0 saturated carbocycles. The highest BCUT2D eigenvalue weighted by molar-refractivity contribution is 7.10. The molecule has 0 radical (unpaired) electrons. The van der Waals surface area contributed by atoms with Crippen molar-refractivity contribution >= 4 is 23.2 Å². The van der Waals surface area contributed by atoms with Gasteiger partial charge in [0.25, 0.3) is 0 Å². The van der Waals surface area contributed by atoms with Gasteiger partial charge in [-0.2, -0.15) is 0 Å². The first kappa shape index (κ1) is 18.6. The van der Waals surface area contributed by atoms with Gasteiger partial charge in [-0.1, -0.05) is 13.0 Å². The van der Waals surface area contributed by atoms with Gasteiger partial charge in [0.2, 0.25) is 11.8 Å². The Bertz CT molecular complexity index is 480. The Morgan fingerprint density at radius 2 is 1.91 bits per heavy atom. The van der Waals surface area contributed by atoms with Crippen LogP contribution >= 0.6 is 11.3 Å². The molecule has 0 saturated heterocycles. The standard InChI is InChI=1S/C16H27N3O2S/c1-6-19(11-15(21)18-16(3,4)5)10-14(20)17-12(2)13-8-7-9-22-13/h7-9,12H,6,10-11H2,1-5H3,(H,17,20)(H,18,21)/t12-/m0/s1. The maximum Gasteiger partial charge on any atom is 0.234 e. The summed E-state index contributed by atoms with van der Waals surface area (Å²) >= 11 is 1.62. The van der Waals surface area contributed by atoms with Crippen molar-refractivity contribution in [1.29, 1.82) is 0 Å². The van der Waals surface area contributed by atoms with Crippen LogP contribution in [-0.2, 0) is 9.59 Å². The zero-order valence-corrected chi connectivity index (χ0v) is 14.9. The van der Waals surface area contributed by atoms with Crippen molar-refractivity contribution in [3.8, 4) is 0 Å². The second-order valence-electron chi connectivity index (χ2n) is 6.41. The summed E-state index contributed by atoms with van der Waals surface area (Å²) in [5, 5.41) is 7.87. The smallest absolute Gasteiger partial charge is 0.234 e. The fourth-order valence-electron chi connectivity index (χ4n) is 2.04. The Labute approximate surface area is 137 Å². The van der Waals surface area contributed by atoms with E-state index in [2.05, 4.69) is 10.6 Å². The number of hydrogen-bond donors (Lipinski definition) is 2. The average molecular weight is 325 g/mol. The topological polar surface area (TPSA) is 61.4 Å². The summed E-state index contributed by atoms with van der Waals surface area (Å²) < 4.78 is 0. The Morgan fingerprint density at radius 3 is 2.41 bits per heavy atom. The van der Waals surface area contributed by atoms with Gasteiger partial charge in [0.05, 0.1) is 19.1 Å². The van der Waals surface area contributed by atoms with Crippen molar-refractivity contribution in [3.63, 3.8) is 0 Å². The normalized spacial score (nSPS) is 13.0. The number of thiophene rings is 1. The number of hydrogen-bond acceptors (Lipinski definition) is 4. The molecular formula is C16H27N3O2S. The number of carbonyl (C=O) groups excluding carboxylic acids is 2. The Balaban J connectivity index is 2.44. The van der Waals surface area contributed by atoms with E-state index in [9.17, 15) is 9.59 Å². The first-order chi connectivity index (χ1) is 10.2. The minimum Gasteiger partial charge on any atom is -0.350 e. The van der Waals surface area contributed by atoms with Gasteiger partial charge in [-0.15, -0.1) is 11.3 Å². The summed E-state index contributed by atoms with van der Waals surface area (Å²) in [6, 6.07) is 3.97. The summed E-state index contributed by atoms with van der Waals surface area (Å²) in [5.41, 5.74) is -0.258. The van der Waals surface area contributed by atoms with E-state index in [0.29, 0.717) is 6.54 Å². The van der Waals surface area contributed by atoms with Crippen molar-refractivity contribution in [2.75, 3.05) is 19.6 Å². The fourth-order valence-corrected chi connectivity index (χ4v) is 2.77. The van der Waals surface area contributed by atoms with Crippen molar-refractivity contribution in [3.05, 3.63) is 22.4 Å². The SMILES string of the molecule is CCN(CC(=O)N[C@@H](C)c1cccs1)CC(=O)NC(C)(C)C. The third-order valence-corrected chi connectivity index (χ3v) is 4.10. The second kappa shape index (κ2) is 8.29. The molecule has 1 aromatic rings. The van der Waals surface area contributed by atoms with Gasteiger partial charge >= 0.3 is 0 Å². The van der Waals surface area contributed by atoms with E-state index in [4.69, 9.17) is 0 Å². The zero-order chi connectivity index (χ0) is 16.8. The van der Waals surface area contributed by atoms with Crippen LogP contribution in [0.5, 0.6) is 0 Å². The molecule has 22 heavy (non-hydrogen) atoms. The van der Waals surface area contributed by atoms with E-state index in [1.165, 1.54) is 0 Å². The zero-order valence-electron chi connectivity index (χ0n) is 14.1. The van der Waals surface area contributed by atoms with E-state index in [-0.39, 0.29) is 36.5 Å². The molecule has 1 aromatic heterocycles. The van der Waals surface area contributed by atoms with Gasteiger partial charge < -0.3 is 10.6 Å². The van der Waals surface area contributed by atoms with Gasteiger partial charge in [0.15, 0.2) is 0 Å². The molecule has 5 nitrogen and oxygen atoms in total. The molecule has 0 fully saturated rings. The largest absolute Gasteiger partial charge is 0.350 e. The molecule has 1 rings (SSSR count). The van der Waals surface area contributed by atoms with Gasteiger partial charge in [-0.3, -0.25) is 14.5 Å². The minimum absolute atomic E-state index is 0.00499. The molecule has 0 aliphatic carbocycles. The lowest BCUT2D eigenvalue weighted by Gasteiger charge is -2.25. The Morgan fingerprint density at radius 1 is 1.27 bits per heavy atom. The third-order valence-electron chi connectivity index (χ3n) is 3.04. The number of nitrogens with one attached hydrogen (secondary N) is 2. The van der Waals surface area contributed by atoms with Crippen LogP contribution in [0.2, 0.25) is 0 Å². The van der Waals surface area contributed by atoms with Gasteiger partial charge in [0, 0.05) is 10.4 Å². The van der Waals surface area contributed by atoms with Crippen LogP contribution in [0.15, 0.2) is 17.5 Å². The molecule has 2 N–H and O–H groups in total. The monoisotopic (exact) mass is 325 g/mol. The van der Waals surface area contributed by atoms with Crippen molar-refractivity contribution < 1.29 is 9.59 Å². The number of likely N-dealkylation sites (N-methyl/N-ethyl adjacent to an activating group) is 1. The summed E-state index contributed by atoms with van der Waals surface area (Å²) in [5.74, 6) is -0.125. The average Bonchev–Trinajstić information content (AvgIpc) is 2.89. The van der Waals surface area contributed by atoms with Gasteiger partial charge in [0.1, 0.15) is 0 Å². The van der Waals surface area contributed by atoms with Crippen LogP contribution in [0.25, 0.3) is 0 Å². The molecule has 1 heterocycles. The number of rotatable bonds is 7. The van der Waals surface area contributed by atoms with Crippen molar-refractivity contribution in [2.24, 2.45) is 0 Å². The number of amides is 2. The van der Waals surface area contributed by atoms with Gasteiger partial charge in [-0.25, -0.2) is 0 Å². The van der Waals surface area contributed by atoms with Crippen LogP contribution in [0.4, 0.5) is 0 Å². The summed E-state index contributed by atoms with van der Waals surface area (Å²) in [4.78, 5) is 27.0. The highest BCUT2D eigenvalue weighted by atomic mass is 32.1.